The summed E-state index contributed by atoms with van der Waals surface area (Å²) in [7, 11) is -3.42. The van der Waals surface area contributed by atoms with Crippen LogP contribution in [0.4, 0.5) is 0 Å². The molecule has 0 amide bonds. The summed E-state index contributed by atoms with van der Waals surface area (Å²) in [5.41, 5.74) is 0.141. The molecule has 0 bridgehead atoms. The molecular formula is C14H24ClN3O2S. The zero-order valence-electron chi connectivity index (χ0n) is 12.8. The number of halogens is 1. The van der Waals surface area contributed by atoms with Gasteiger partial charge in [-0.05, 0) is 31.1 Å². The Balaban J connectivity index is 2.14. The van der Waals surface area contributed by atoms with Crippen molar-refractivity contribution in [1.29, 1.82) is 0 Å². The third-order valence-corrected chi connectivity index (χ3v) is 6.74. The first-order valence-corrected chi connectivity index (χ1v) is 9.53. The van der Waals surface area contributed by atoms with Crippen LogP contribution in [0.2, 0.25) is 0 Å². The van der Waals surface area contributed by atoms with Crippen LogP contribution in [0.25, 0.3) is 0 Å². The zero-order chi connectivity index (χ0) is 15.5. The van der Waals surface area contributed by atoms with E-state index in [0.29, 0.717) is 30.4 Å². The van der Waals surface area contributed by atoms with Gasteiger partial charge in [0.25, 0.3) is 0 Å². The van der Waals surface area contributed by atoms with Crippen molar-refractivity contribution < 1.29 is 8.42 Å². The number of nitrogens with zero attached hydrogens (tertiary/aromatic N) is 3. The molecule has 1 aliphatic rings. The van der Waals surface area contributed by atoms with Gasteiger partial charge in [0.05, 0.1) is 6.20 Å². The summed E-state index contributed by atoms with van der Waals surface area (Å²) in [5, 5.41) is 4.12. The SMILES string of the molecule is CCC1(CC)CCN(S(=O)(=O)c2cnn(CCCCl)c2)C1. The van der Waals surface area contributed by atoms with Gasteiger partial charge in [0.1, 0.15) is 4.90 Å². The monoisotopic (exact) mass is 333 g/mol. The summed E-state index contributed by atoms with van der Waals surface area (Å²) < 4.78 is 28.6. The second-order valence-corrected chi connectivity index (χ2v) is 8.09. The van der Waals surface area contributed by atoms with Gasteiger partial charge in [0, 0.05) is 31.7 Å². The van der Waals surface area contributed by atoms with E-state index in [1.807, 2.05) is 0 Å². The lowest BCUT2D eigenvalue weighted by Crippen LogP contribution is -2.31. The molecule has 0 spiro atoms. The molecular weight excluding hydrogens is 310 g/mol. The van der Waals surface area contributed by atoms with Crippen molar-refractivity contribution >= 4 is 21.6 Å². The molecule has 0 atom stereocenters. The standard InChI is InChI=1S/C14H24ClN3O2S/c1-3-14(4-2)6-9-18(12-14)21(19,20)13-10-16-17(11-13)8-5-7-15/h10-11H,3-9,12H2,1-2H3. The quantitative estimate of drug-likeness (QED) is 0.721. The number of rotatable bonds is 7. The van der Waals surface area contributed by atoms with Crippen molar-refractivity contribution in [2.45, 2.75) is 51.0 Å². The Labute approximate surface area is 132 Å². The fourth-order valence-electron chi connectivity index (χ4n) is 2.90. The first kappa shape index (κ1) is 16.8. The molecule has 0 unspecified atom stereocenters. The molecule has 1 aromatic rings. The smallest absolute Gasteiger partial charge is 0.246 e. The first-order chi connectivity index (χ1) is 9.97. The fraction of sp³-hybridized carbons (Fsp3) is 0.786. The van der Waals surface area contributed by atoms with Gasteiger partial charge in [-0.3, -0.25) is 4.68 Å². The Morgan fingerprint density at radius 2 is 2.10 bits per heavy atom. The topological polar surface area (TPSA) is 55.2 Å². The van der Waals surface area contributed by atoms with Gasteiger partial charge in [0.15, 0.2) is 0 Å². The summed E-state index contributed by atoms with van der Waals surface area (Å²) in [4.78, 5) is 0.292. The lowest BCUT2D eigenvalue weighted by molar-refractivity contribution is 0.279. The molecule has 120 valence electrons. The predicted octanol–water partition coefficient (Wildman–Crippen LogP) is 2.71. The molecule has 2 rings (SSSR count). The molecule has 0 saturated carbocycles. The van der Waals surface area contributed by atoms with Crippen LogP contribution < -0.4 is 0 Å². The molecule has 2 heterocycles. The highest BCUT2D eigenvalue weighted by Crippen LogP contribution is 2.39. The maximum atomic E-state index is 12.7. The maximum absolute atomic E-state index is 12.7. The van der Waals surface area contributed by atoms with Crippen molar-refractivity contribution in [1.82, 2.24) is 14.1 Å². The fourth-order valence-corrected chi connectivity index (χ4v) is 4.53. The zero-order valence-corrected chi connectivity index (χ0v) is 14.3. The van der Waals surface area contributed by atoms with E-state index < -0.39 is 10.0 Å². The van der Waals surface area contributed by atoms with E-state index in [1.165, 1.54) is 6.20 Å². The first-order valence-electron chi connectivity index (χ1n) is 7.56. The number of alkyl halides is 1. The Morgan fingerprint density at radius 1 is 1.38 bits per heavy atom. The highest BCUT2D eigenvalue weighted by molar-refractivity contribution is 7.89. The summed E-state index contributed by atoms with van der Waals surface area (Å²) in [6.07, 6.45) is 6.82. The van der Waals surface area contributed by atoms with E-state index in [-0.39, 0.29) is 5.41 Å². The Hall–Kier alpha value is -0.590. The van der Waals surface area contributed by atoms with Gasteiger partial charge in [-0.2, -0.15) is 9.40 Å². The summed E-state index contributed by atoms with van der Waals surface area (Å²) in [6.45, 7) is 6.16. The van der Waals surface area contributed by atoms with Gasteiger partial charge in [0.2, 0.25) is 10.0 Å². The van der Waals surface area contributed by atoms with Crippen LogP contribution in [0.1, 0.15) is 39.5 Å². The lowest BCUT2D eigenvalue weighted by Gasteiger charge is -2.26. The third kappa shape index (κ3) is 3.43. The second-order valence-electron chi connectivity index (χ2n) is 5.78. The van der Waals surface area contributed by atoms with Gasteiger partial charge >= 0.3 is 0 Å². The molecule has 7 heteroatoms. The largest absolute Gasteiger partial charge is 0.271 e. The molecule has 1 fully saturated rings. The van der Waals surface area contributed by atoms with Crippen molar-refractivity contribution in [3.8, 4) is 0 Å². The van der Waals surface area contributed by atoms with Crippen molar-refractivity contribution in [3.05, 3.63) is 12.4 Å². The minimum absolute atomic E-state index is 0.141. The van der Waals surface area contributed by atoms with Crippen molar-refractivity contribution in [2.75, 3.05) is 19.0 Å². The Kier molecular flexibility index (Phi) is 5.33. The summed E-state index contributed by atoms with van der Waals surface area (Å²) in [5.74, 6) is 0.545. The molecule has 1 aliphatic heterocycles. The van der Waals surface area contributed by atoms with Crippen LogP contribution in [0.3, 0.4) is 0 Å². The van der Waals surface area contributed by atoms with Crippen LogP contribution in [-0.4, -0.2) is 41.5 Å². The normalized spacial score (nSPS) is 19.2. The van der Waals surface area contributed by atoms with Crippen LogP contribution in [0.5, 0.6) is 0 Å². The molecule has 21 heavy (non-hydrogen) atoms. The van der Waals surface area contributed by atoms with Crippen LogP contribution in [0.15, 0.2) is 17.3 Å². The van der Waals surface area contributed by atoms with Gasteiger partial charge in [-0.25, -0.2) is 8.42 Å². The third-order valence-electron chi connectivity index (χ3n) is 4.67. The van der Waals surface area contributed by atoms with E-state index in [0.717, 1.165) is 25.7 Å². The van der Waals surface area contributed by atoms with Crippen molar-refractivity contribution in [2.24, 2.45) is 5.41 Å². The number of sulfonamides is 1. The van der Waals surface area contributed by atoms with E-state index in [9.17, 15) is 8.42 Å². The molecule has 0 aliphatic carbocycles. The Bertz CT molecular complexity index is 567. The molecule has 0 radical (unpaired) electrons. The van der Waals surface area contributed by atoms with Crippen LogP contribution in [0, 0.1) is 5.41 Å². The number of aromatic nitrogens is 2. The average Bonchev–Trinajstić information content (AvgIpc) is 3.13. The molecule has 0 aromatic carbocycles. The number of hydrogen-bond acceptors (Lipinski definition) is 3. The average molecular weight is 334 g/mol. The minimum atomic E-state index is -3.42. The highest BCUT2D eigenvalue weighted by atomic mass is 35.5. The van der Waals surface area contributed by atoms with E-state index >= 15 is 0 Å². The number of hydrogen-bond donors (Lipinski definition) is 0. The molecule has 1 aromatic heterocycles. The second kappa shape index (κ2) is 6.67. The molecule has 0 N–H and O–H groups in total. The van der Waals surface area contributed by atoms with Crippen molar-refractivity contribution in [3.63, 3.8) is 0 Å². The van der Waals surface area contributed by atoms with Crippen LogP contribution in [-0.2, 0) is 16.6 Å². The van der Waals surface area contributed by atoms with Crippen LogP contribution >= 0.6 is 11.6 Å². The summed E-state index contributed by atoms with van der Waals surface area (Å²) in [6, 6.07) is 0. The minimum Gasteiger partial charge on any atom is -0.271 e. The van der Waals surface area contributed by atoms with E-state index in [4.69, 9.17) is 11.6 Å². The predicted molar refractivity (Wildman–Crippen MR) is 84.0 cm³/mol. The van der Waals surface area contributed by atoms with E-state index in [2.05, 4.69) is 18.9 Å². The number of aryl methyl sites for hydroxylation is 1. The van der Waals surface area contributed by atoms with E-state index in [1.54, 1.807) is 15.2 Å². The highest BCUT2D eigenvalue weighted by Gasteiger charge is 2.40. The maximum Gasteiger partial charge on any atom is 0.246 e. The Morgan fingerprint density at radius 3 is 2.67 bits per heavy atom. The lowest BCUT2D eigenvalue weighted by atomic mass is 9.82. The molecule has 5 nitrogen and oxygen atoms in total. The van der Waals surface area contributed by atoms with Gasteiger partial charge in [-0.1, -0.05) is 13.8 Å². The van der Waals surface area contributed by atoms with Gasteiger partial charge in [-0.15, -0.1) is 11.6 Å². The summed E-state index contributed by atoms with van der Waals surface area (Å²) >= 11 is 5.65. The molecule has 1 saturated heterocycles. The van der Waals surface area contributed by atoms with Gasteiger partial charge < -0.3 is 0 Å².